The van der Waals surface area contributed by atoms with Crippen molar-refractivity contribution in [2.24, 2.45) is 0 Å². The van der Waals surface area contributed by atoms with Gasteiger partial charge < -0.3 is 10.4 Å². The highest BCUT2D eigenvalue weighted by atomic mass is 16.4. The molecular weight excluding hydrogens is 210 g/mol. The summed E-state index contributed by atoms with van der Waals surface area (Å²) in [6, 6.07) is 1.02. The summed E-state index contributed by atoms with van der Waals surface area (Å²) in [6.45, 7) is 3.37. The predicted molar refractivity (Wildman–Crippen MR) is 56.2 cm³/mol. The van der Waals surface area contributed by atoms with Gasteiger partial charge in [0.2, 0.25) is 0 Å². The Bertz CT molecular complexity index is 536. The van der Waals surface area contributed by atoms with E-state index in [9.17, 15) is 4.79 Å². The van der Waals surface area contributed by atoms with Crippen molar-refractivity contribution in [1.82, 2.24) is 19.6 Å². The van der Waals surface area contributed by atoms with Crippen LogP contribution in [0.2, 0.25) is 0 Å². The van der Waals surface area contributed by atoms with Gasteiger partial charge in [0.05, 0.1) is 0 Å². The van der Waals surface area contributed by atoms with E-state index in [4.69, 9.17) is 5.11 Å². The Morgan fingerprint density at radius 2 is 2.38 bits per heavy atom. The molecule has 2 rings (SSSR count). The van der Waals surface area contributed by atoms with Gasteiger partial charge in [0.1, 0.15) is 18.2 Å². The number of aromatic nitrogens is 4. The van der Waals surface area contributed by atoms with Crippen LogP contribution in [0.1, 0.15) is 12.6 Å². The van der Waals surface area contributed by atoms with Crippen LogP contribution in [0.4, 0.5) is 5.82 Å². The third-order valence-corrected chi connectivity index (χ3v) is 2.11. The maximum Gasteiger partial charge on any atom is 0.325 e. The third-order valence-electron chi connectivity index (χ3n) is 2.11. The normalized spacial score (nSPS) is 12.6. The first-order chi connectivity index (χ1) is 7.58. The van der Waals surface area contributed by atoms with Crippen molar-refractivity contribution in [3.63, 3.8) is 0 Å². The zero-order valence-electron chi connectivity index (χ0n) is 8.88. The molecule has 0 aliphatic rings. The minimum Gasteiger partial charge on any atom is -0.480 e. The second-order valence-electron chi connectivity index (χ2n) is 3.46. The first kappa shape index (κ1) is 10.3. The number of rotatable bonds is 3. The second kappa shape index (κ2) is 3.76. The molecule has 2 heterocycles. The van der Waals surface area contributed by atoms with Crippen molar-refractivity contribution in [2.45, 2.75) is 19.9 Å². The number of nitrogens with zero attached hydrogens (tertiary/aromatic N) is 4. The molecule has 0 saturated heterocycles. The van der Waals surface area contributed by atoms with Gasteiger partial charge in [-0.15, -0.1) is 0 Å². The molecule has 0 unspecified atom stereocenters. The molecule has 0 bridgehead atoms. The van der Waals surface area contributed by atoms with Crippen LogP contribution in [0.15, 0.2) is 12.4 Å². The number of carboxylic acids is 1. The summed E-state index contributed by atoms with van der Waals surface area (Å²) in [5.74, 6) is 0.0812. The van der Waals surface area contributed by atoms with Crippen molar-refractivity contribution in [3.05, 3.63) is 18.1 Å². The lowest BCUT2D eigenvalue weighted by atomic mass is 10.3. The van der Waals surface area contributed by atoms with Crippen LogP contribution in [0.25, 0.3) is 5.78 Å². The SMILES string of the molecule is Cc1cc(N[C@H](C)C(=O)O)n2ncnc2n1. The lowest BCUT2D eigenvalue weighted by Crippen LogP contribution is -2.26. The summed E-state index contributed by atoms with van der Waals surface area (Å²) in [5, 5.41) is 15.6. The zero-order chi connectivity index (χ0) is 11.7. The summed E-state index contributed by atoms with van der Waals surface area (Å²) in [5.41, 5.74) is 0.751. The van der Waals surface area contributed by atoms with Gasteiger partial charge in [0, 0.05) is 11.8 Å². The van der Waals surface area contributed by atoms with Crippen LogP contribution >= 0.6 is 0 Å². The Morgan fingerprint density at radius 1 is 1.62 bits per heavy atom. The standard InChI is InChI=1S/C9H11N5O2/c1-5-3-7(13-6(2)8(15)16)14-9(12-5)10-4-11-14/h3-4,6,13H,1-2H3,(H,15,16)/t6-/m1/s1. The minimum atomic E-state index is -0.928. The maximum absolute atomic E-state index is 10.7. The molecule has 2 aromatic rings. The van der Waals surface area contributed by atoms with Gasteiger partial charge in [0.25, 0.3) is 5.78 Å². The van der Waals surface area contributed by atoms with Crippen LogP contribution in [0, 0.1) is 6.92 Å². The molecule has 0 aromatic carbocycles. The van der Waals surface area contributed by atoms with Gasteiger partial charge in [0.15, 0.2) is 0 Å². The van der Waals surface area contributed by atoms with E-state index in [-0.39, 0.29) is 0 Å². The maximum atomic E-state index is 10.7. The number of hydrogen-bond donors (Lipinski definition) is 2. The van der Waals surface area contributed by atoms with Crippen LogP contribution in [0.3, 0.4) is 0 Å². The monoisotopic (exact) mass is 221 g/mol. The van der Waals surface area contributed by atoms with E-state index in [1.807, 2.05) is 6.92 Å². The second-order valence-corrected chi connectivity index (χ2v) is 3.46. The van der Waals surface area contributed by atoms with E-state index in [0.29, 0.717) is 11.6 Å². The van der Waals surface area contributed by atoms with Crippen molar-refractivity contribution in [2.75, 3.05) is 5.32 Å². The molecule has 0 amide bonds. The highest BCUT2D eigenvalue weighted by Gasteiger charge is 2.13. The molecule has 0 aliphatic heterocycles. The highest BCUT2D eigenvalue weighted by molar-refractivity contribution is 5.76. The van der Waals surface area contributed by atoms with Gasteiger partial charge in [-0.3, -0.25) is 4.79 Å². The smallest absolute Gasteiger partial charge is 0.325 e. The Hall–Kier alpha value is -2.18. The van der Waals surface area contributed by atoms with Crippen molar-refractivity contribution < 1.29 is 9.90 Å². The number of aliphatic carboxylic acids is 1. The molecule has 0 aliphatic carbocycles. The lowest BCUT2D eigenvalue weighted by molar-refractivity contribution is -0.137. The molecule has 0 fully saturated rings. The number of carbonyl (C=O) groups is 1. The quantitative estimate of drug-likeness (QED) is 0.775. The van der Waals surface area contributed by atoms with E-state index < -0.39 is 12.0 Å². The van der Waals surface area contributed by atoms with Crippen molar-refractivity contribution in [1.29, 1.82) is 0 Å². The van der Waals surface area contributed by atoms with Crippen molar-refractivity contribution in [3.8, 4) is 0 Å². The fourth-order valence-electron chi connectivity index (χ4n) is 1.32. The topological polar surface area (TPSA) is 92.4 Å². The lowest BCUT2D eigenvalue weighted by Gasteiger charge is -2.11. The number of nitrogens with one attached hydrogen (secondary N) is 1. The van der Waals surface area contributed by atoms with Gasteiger partial charge in [-0.1, -0.05) is 0 Å². The van der Waals surface area contributed by atoms with Gasteiger partial charge in [-0.2, -0.15) is 14.6 Å². The number of fused-ring (bicyclic) bond motifs is 1. The van der Waals surface area contributed by atoms with E-state index >= 15 is 0 Å². The summed E-state index contributed by atoms with van der Waals surface area (Å²) in [7, 11) is 0. The third kappa shape index (κ3) is 1.79. The van der Waals surface area contributed by atoms with Gasteiger partial charge in [-0.05, 0) is 13.8 Å². The first-order valence-corrected chi connectivity index (χ1v) is 4.74. The van der Waals surface area contributed by atoms with Crippen molar-refractivity contribution >= 4 is 17.6 Å². The average molecular weight is 221 g/mol. The Kier molecular flexibility index (Phi) is 2.43. The van der Waals surface area contributed by atoms with Crippen LogP contribution < -0.4 is 5.32 Å². The molecule has 0 spiro atoms. The van der Waals surface area contributed by atoms with Gasteiger partial charge >= 0.3 is 5.97 Å². The Morgan fingerprint density at radius 3 is 3.06 bits per heavy atom. The Balaban J connectivity index is 2.42. The number of carboxylic acid groups (broad SMARTS) is 1. The number of aryl methyl sites for hydroxylation is 1. The fourth-order valence-corrected chi connectivity index (χ4v) is 1.32. The molecule has 0 radical (unpaired) electrons. The van der Waals surface area contributed by atoms with E-state index in [1.165, 1.54) is 10.8 Å². The summed E-state index contributed by atoms with van der Waals surface area (Å²) in [6.07, 6.45) is 1.37. The highest BCUT2D eigenvalue weighted by Crippen LogP contribution is 2.11. The first-order valence-electron chi connectivity index (χ1n) is 4.74. The molecule has 0 saturated carbocycles. The van der Waals surface area contributed by atoms with Crippen LogP contribution in [-0.2, 0) is 4.79 Å². The minimum absolute atomic E-state index is 0.445. The molecule has 84 valence electrons. The molecule has 16 heavy (non-hydrogen) atoms. The molecular formula is C9H11N5O2. The fraction of sp³-hybridized carbons (Fsp3) is 0.333. The molecule has 7 heteroatoms. The average Bonchev–Trinajstić information content (AvgIpc) is 2.65. The van der Waals surface area contributed by atoms with Gasteiger partial charge in [-0.25, -0.2) is 4.98 Å². The zero-order valence-corrected chi connectivity index (χ0v) is 8.88. The molecule has 2 aromatic heterocycles. The summed E-state index contributed by atoms with van der Waals surface area (Å²) < 4.78 is 1.46. The molecule has 2 N–H and O–H groups in total. The van der Waals surface area contributed by atoms with Crippen LogP contribution in [0.5, 0.6) is 0 Å². The number of anilines is 1. The number of hydrogen-bond acceptors (Lipinski definition) is 5. The van der Waals surface area contributed by atoms with E-state index in [0.717, 1.165) is 5.69 Å². The largest absolute Gasteiger partial charge is 0.480 e. The van der Waals surface area contributed by atoms with E-state index in [1.54, 1.807) is 13.0 Å². The Labute approximate surface area is 91.1 Å². The summed E-state index contributed by atoms with van der Waals surface area (Å²) in [4.78, 5) is 18.8. The molecule has 1 atom stereocenters. The van der Waals surface area contributed by atoms with Crippen LogP contribution in [-0.4, -0.2) is 36.7 Å². The van der Waals surface area contributed by atoms with E-state index in [2.05, 4.69) is 20.4 Å². The summed E-state index contributed by atoms with van der Waals surface area (Å²) >= 11 is 0. The molecule has 7 nitrogen and oxygen atoms in total. The predicted octanol–water partition coefficient (Wildman–Crippen LogP) is 0.318.